The summed E-state index contributed by atoms with van der Waals surface area (Å²) in [7, 11) is 0. The van der Waals surface area contributed by atoms with Crippen LogP contribution in [0.3, 0.4) is 0 Å². The van der Waals surface area contributed by atoms with E-state index >= 15 is 0 Å². The normalized spacial score (nSPS) is 11.4. The van der Waals surface area contributed by atoms with Gasteiger partial charge in [0.25, 0.3) is 0 Å². The zero-order valence-electron chi connectivity index (χ0n) is 33.4. The van der Waals surface area contributed by atoms with E-state index in [9.17, 15) is 4.79 Å². The van der Waals surface area contributed by atoms with Gasteiger partial charge in [0.15, 0.2) is 0 Å². The fraction of sp³-hybridized carbons (Fsp3) is 0.927. The lowest BCUT2D eigenvalue weighted by Crippen LogP contribution is -2.05. The molecule has 0 aromatic rings. The van der Waals surface area contributed by atoms with Crippen LogP contribution in [0.25, 0.3) is 0 Å². The molecule has 0 bridgehead atoms. The fourth-order valence-corrected chi connectivity index (χ4v) is 4.76. The number of hydrogen-bond donors (Lipinski definition) is 0. The molecule has 0 aliphatic carbocycles. The summed E-state index contributed by atoms with van der Waals surface area (Å²) in [4.78, 5) is 10.9. The van der Waals surface area contributed by atoms with Gasteiger partial charge in [-0.1, -0.05) is 6.58 Å². The average molecular weight is 749 g/mol. The summed E-state index contributed by atoms with van der Waals surface area (Å²) < 4.78 is 55.8. The first kappa shape index (κ1) is 50.9. The monoisotopic (exact) mass is 749 g/mol. The topological polar surface area (TPSA) is 109 Å². The molecule has 0 spiro atoms. The van der Waals surface area contributed by atoms with Crippen LogP contribution < -0.4 is 0 Å². The highest BCUT2D eigenvalue weighted by Crippen LogP contribution is 2.02. The van der Waals surface area contributed by atoms with Crippen LogP contribution in [-0.4, -0.2) is 132 Å². The lowest BCUT2D eigenvalue weighted by molar-refractivity contribution is -0.137. The number of hydrogen-bond acceptors (Lipinski definition) is 11. The van der Waals surface area contributed by atoms with Gasteiger partial charge in [-0.3, -0.25) is 0 Å². The Kier molecular flexibility index (Phi) is 46.8. The molecule has 310 valence electrons. The molecule has 0 atom stereocenters. The Hall–Kier alpha value is -1.15. The molecule has 0 amide bonds. The third-order valence-corrected chi connectivity index (χ3v) is 7.92. The number of rotatable bonds is 47. The molecule has 0 aromatic carbocycles. The van der Waals surface area contributed by atoms with Crippen molar-refractivity contribution in [2.75, 3.05) is 126 Å². The molecule has 0 unspecified atom stereocenters. The maximum Gasteiger partial charge on any atom is 0.330 e. The minimum atomic E-state index is -0.368. The molecule has 0 aliphatic heterocycles. The van der Waals surface area contributed by atoms with E-state index in [4.69, 9.17) is 47.4 Å². The third-order valence-electron chi connectivity index (χ3n) is 7.92. The van der Waals surface area contributed by atoms with Gasteiger partial charge in [0.2, 0.25) is 0 Å². The van der Waals surface area contributed by atoms with Crippen molar-refractivity contribution < 1.29 is 52.2 Å². The van der Waals surface area contributed by atoms with Gasteiger partial charge >= 0.3 is 5.97 Å². The van der Waals surface area contributed by atoms with E-state index in [1.54, 1.807) is 0 Å². The Balaban J connectivity index is 3.06. The van der Waals surface area contributed by atoms with Crippen molar-refractivity contribution in [3.63, 3.8) is 0 Å². The van der Waals surface area contributed by atoms with Crippen molar-refractivity contribution in [3.8, 4) is 0 Å². The predicted molar refractivity (Wildman–Crippen MR) is 207 cm³/mol. The van der Waals surface area contributed by atoms with Crippen molar-refractivity contribution in [2.24, 2.45) is 0 Å². The van der Waals surface area contributed by atoms with E-state index in [-0.39, 0.29) is 5.97 Å². The summed E-state index contributed by atoms with van der Waals surface area (Å²) in [6, 6.07) is 0. The largest absolute Gasteiger partial charge is 0.463 e. The van der Waals surface area contributed by atoms with Crippen LogP contribution in [0.4, 0.5) is 0 Å². The highest BCUT2D eigenvalue weighted by atomic mass is 16.5. The van der Waals surface area contributed by atoms with Gasteiger partial charge in [0, 0.05) is 125 Å². The van der Waals surface area contributed by atoms with Crippen LogP contribution in [0.5, 0.6) is 0 Å². The maximum absolute atomic E-state index is 10.9. The van der Waals surface area contributed by atoms with Gasteiger partial charge < -0.3 is 47.4 Å². The number of ether oxygens (including phenoxy) is 10. The van der Waals surface area contributed by atoms with Crippen LogP contribution in [0, 0.1) is 0 Å². The number of carbonyl (C=O) groups is 1. The van der Waals surface area contributed by atoms with Gasteiger partial charge in [0.1, 0.15) is 0 Å². The minimum absolute atomic E-state index is 0.368. The van der Waals surface area contributed by atoms with E-state index in [1.165, 1.54) is 6.08 Å². The maximum atomic E-state index is 10.9. The van der Waals surface area contributed by atoms with Crippen molar-refractivity contribution >= 4 is 5.97 Å². The summed E-state index contributed by atoms with van der Waals surface area (Å²) in [6.45, 7) is 20.2. The summed E-state index contributed by atoms with van der Waals surface area (Å²) in [5, 5.41) is 0. The third kappa shape index (κ3) is 46.9. The Morgan fingerprint density at radius 3 is 0.673 bits per heavy atom. The van der Waals surface area contributed by atoms with Gasteiger partial charge in [-0.25, -0.2) is 4.79 Å². The average Bonchev–Trinajstić information content (AvgIpc) is 3.16. The quantitative estimate of drug-likeness (QED) is 0.0344. The molecule has 0 saturated carbocycles. The van der Waals surface area contributed by atoms with Crippen LogP contribution in [0.2, 0.25) is 0 Å². The van der Waals surface area contributed by atoms with E-state index in [0.717, 1.165) is 228 Å². The first-order chi connectivity index (χ1) is 25.8. The molecule has 11 heteroatoms. The summed E-state index contributed by atoms with van der Waals surface area (Å²) in [6.07, 6.45) is 19.6. The Morgan fingerprint density at radius 2 is 0.500 bits per heavy atom. The Morgan fingerprint density at radius 1 is 0.327 bits per heavy atom. The molecular weight excluding hydrogens is 668 g/mol. The Labute approximate surface area is 318 Å². The Bertz CT molecular complexity index is 683. The zero-order valence-corrected chi connectivity index (χ0v) is 33.4. The smallest absolute Gasteiger partial charge is 0.330 e. The highest BCUT2D eigenvalue weighted by Gasteiger charge is 1.99. The number of esters is 1. The second-order valence-electron chi connectivity index (χ2n) is 12.8. The number of unbranched alkanes of at least 4 members (excludes halogenated alkanes) is 9. The number of carbonyl (C=O) groups excluding carboxylic acids is 1. The molecule has 0 rings (SSSR count). The van der Waals surface area contributed by atoms with E-state index in [0.29, 0.717) is 13.2 Å². The first-order valence-corrected chi connectivity index (χ1v) is 20.8. The first-order valence-electron chi connectivity index (χ1n) is 20.8. The molecule has 0 radical (unpaired) electrons. The van der Waals surface area contributed by atoms with Crippen molar-refractivity contribution in [2.45, 2.75) is 122 Å². The molecule has 0 N–H and O–H groups in total. The predicted octanol–water partition coefficient (Wildman–Crippen LogP) is 7.91. The van der Waals surface area contributed by atoms with Crippen molar-refractivity contribution in [1.82, 2.24) is 0 Å². The molecule has 52 heavy (non-hydrogen) atoms. The van der Waals surface area contributed by atoms with Crippen molar-refractivity contribution in [3.05, 3.63) is 12.7 Å². The molecule has 11 nitrogen and oxygen atoms in total. The van der Waals surface area contributed by atoms with Gasteiger partial charge in [-0.05, 0) is 122 Å². The lowest BCUT2D eigenvalue weighted by Gasteiger charge is -2.08. The standard InChI is InChI=1S/C41H80O11/c1-3-41(42)52-40-22-21-39-51-38-20-19-37-50-36-18-17-35-49-34-16-15-33-48-32-14-13-31-47-30-12-11-29-46-28-10-9-27-45-26-8-7-25-44-24-6-5-23-43-4-2/h3H,1,4-40H2,2H3. The van der Waals surface area contributed by atoms with Gasteiger partial charge in [-0.15, -0.1) is 0 Å². The molecule has 0 aromatic heterocycles. The lowest BCUT2D eigenvalue weighted by atomic mass is 10.3. The highest BCUT2D eigenvalue weighted by molar-refractivity contribution is 5.81. The van der Waals surface area contributed by atoms with Crippen LogP contribution >= 0.6 is 0 Å². The second kappa shape index (κ2) is 47.9. The molecule has 0 saturated heterocycles. The minimum Gasteiger partial charge on any atom is -0.463 e. The van der Waals surface area contributed by atoms with E-state index in [2.05, 4.69) is 6.58 Å². The molecule has 0 aliphatic rings. The molecule has 0 heterocycles. The fourth-order valence-electron chi connectivity index (χ4n) is 4.76. The molecule has 0 fully saturated rings. The zero-order chi connectivity index (χ0) is 37.5. The van der Waals surface area contributed by atoms with E-state index < -0.39 is 0 Å². The summed E-state index contributed by atoms with van der Waals surface area (Å²) in [5.41, 5.74) is 0. The summed E-state index contributed by atoms with van der Waals surface area (Å²) in [5.74, 6) is -0.368. The SMILES string of the molecule is C=CC(=O)OCCCCOCCCCOCCCCOCCCCOCCCCOCCCCOCCCCOCCCCOCCCCOCC. The van der Waals surface area contributed by atoms with Crippen LogP contribution in [0.15, 0.2) is 12.7 Å². The molecular formula is C41H80O11. The van der Waals surface area contributed by atoms with Gasteiger partial charge in [0.05, 0.1) is 6.61 Å². The van der Waals surface area contributed by atoms with Crippen LogP contribution in [-0.2, 0) is 52.2 Å². The van der Waals surface area contributed by atoms with Crippen LogP contribution in [0.1, 0.15) is 122 Å². The summed E-state index contributed by atoms with van der Waals surface area (Å²) >= 11 is 0. The van der Waals surface area contributed by atoms with Gasteiger partial charge in [-0.2, -0.15) is 0 Å². The van der Waals surface area contributed by atoms with Crippen molar-refractivity contribution in [1.29, 1.82) is 0 Å². The van der Waals surface area contributed by atoms with E-state index in [1.807, 2.05) is 6.92 Å². The second-order valence-corrected chi connectivity index (χ2v) is 12.8.